The standard InChI is InChI=1S/C24H23NO4/c1-28-22-15-9-8-14-20(22)24(27)29-17-23(26)25-21(19-12-6-3-7-13-19)16-18-10-4-2-5-11-18/h2-15,21H,16-17H2,1H3,(H,25,26)/t21-/m0/s1. The number of esters is 1. The largest absolute Gasteiger partial charge is 0.496 e. The molecule has 0 aliphatic heterocycles. The molecule has 3 rings (SSSR count). The molecule has 5 nitrogen and oxygen atoms in total. The fraction of sp³-hybridized carbons (Fsp3) is 0.167. The molecule has 0 aliphatic carbocycles. The smallest absolute Gasteiger partial charge is 0.342 e. The Morgan fingerprint density at radius 3 is 2.17 bits per heavy atom. The molecule has 0 aliphatic rings. The molecule has 1 atom stereocenters. The predicted octanol–water partition coefficient (Wildman–Crippen LogP) is 3.95. The molecule has 1 N–H and O–H groups in total. The van der Waals surface area contributed by atoms with E-state index in [-0.39, 0.29) is 24.1 Å². The summed E-state index contributed by atoms with van der Waals surface area (Å²) in [7, 11) is 1.48. The molecule has 0 radical (unpaired) electrons. The molecule has 0 fully saturated rings. The van der Waals surface area contributed by atoms with E-state index in [0.717, 1.165) is 11.1 Å². The van der Waals surface area contributed by atoms with Gasteiger partial charge in [0.2, 0.25) is 0 Å². The number of rotatable bonds is 8. The zero-order valence-corrected chi connectivity index (χ0v) is 16.2. The van der Waals surface area contributed by atoms with E-state index in [1.165, 1.54) is 7.11 Å². The van der Waals surface area contributed by atoms with Gasteiger partial charge in [0.05, 0.1) is 13.2 Å². The molecule has 29 heavy (non-hydrogen) atoms. The van der Waals surface area contributed by atoms with E-state index < -0.39 is 5.97 Å². The SMILES string of the molecule is COc1ccccc1C(=O)OCC(=O)N[C@@H](Cc1ccccc1)c1ccccc1. The molecule has 0 saturated heterocycles. The quantitative estimate of drug-likeness (QED) is 0.593. The first-order valence-electron chi connectivity index (χ1n) is 9.35. The molecule has 3 aromatic rings. The number of hydrogen-bond donors (Lipinski definition) is 1. The molecule has 5 heteroatoms. The minimum atomic E-state index is -0.600. The van der Waals surface area contributed by atoms with Crippen LogP contribution >= 0.6 is 0 Å². The van der Waals surface area contributed by atoms with Crippen molar-refractivity contribution in [2.24, 2.45) is 0 Å². The lowest BCUT2D eigenvalue weighted by molar-refractivity contribution is -0.125. The fourth-order valence-corrected chi connectivity index (χ4v) is 3.05. The van der Waals surface area contributed by atoms with E-state index >= 15 is 0 Å². The van der Waals surface area contributed by atoms with Crippen molar-refractivity contribution >= 4 is 11.9 Å². The Bertz CT molecular complexity index is 941. The van der Waals surface area contributed by atoms with Gasteiger partial charge in [-0.15, -0.1) is 0 Å². The third-order valence-electron chi connectivity index (χ3n) is 4.48. The molecule has 3 aromatic carbocycles. The Hall–Kier alpha value is -3.60. The molecular formula is C24H23NO4. The minimum absolute atomic E-state index is 0.226. The molecular weight excluding hydrogens is 366 g/mol. The molecule has 1 amide bonds. The van der Waals surface area contributed by atoms with Crippen molar-refractivity contribution in [3.63, 3.8) is 0 Å². The highest BCUT2D eigenvalue weighted by molar-refractivity contribution is 5.94. The number of amides is 1. The van der Waals surface area contributed by atoms with E-state index in [1.807, 2.05) is 60.7 Å². The number of carbonyl (C=O) groups excluding carboxylic acids is 2. The zero-order chi connectivity index (χ0) is 20.5. The highest BCUT2D eigenvalue weighted by atomic mass is 16.5. The van der Waals surface area contributed by atoms with Crippen molar-refractivity contribution in [1.29, 1.82) is 0 Å². The van der Waals surface area contributed by atoms with Crippen molar-refractivity contribution in [2.45, 2.75) is 12.5 Å². The summed E-state index contributed by atoms with van der Waals surface area (Å²) in [5.74, 6) is -0.556. The van der Waals surface area contributed by atoms with Crippen LogP contribution < -0.4 is 10.1 Å². The van der Waals surface area contributed by atoms with Crippen molar-refractivity contribution in [2.75, 3.05) is 13.7 Å². The summed E-state index contributed by atoms with van der Waals surface area (Å²) < 4.78 is 10.3. The van der Waals surface area contributed by atoms with Gasteiger partial charge in [-0.1, -0.05) is 72.8 Å². The van der Waals surface area contributed by atoms with Gasteiger partial charge in [0.15, 0.2) is 6.61 Å². The summed E-state index contributed by atoms with van der Waals surface area (Å²) in [4.78, 5) is 24.8. The van der Waals surface area contributed by atoms with Crippen LogP contribution in [0.1, 0.15) is 27.5 Å². The third-order valence-corrected chi connectivity index (χ3v) is 4.48. The fourth-order valence-electron chi connectivity index (χ4n) is 3.05. The summed E-state index contributed by atoms with van der Waals surface area (Å²) >= 11 is 0. The maximum absolute atomic E-state index is 12.5. The van der Waals surface area contributed by atoms with Gasteiger partial charge in [-0.05, 0) is 29.7 Å². The summed E-state index contributed by atoms with van der Waals surface area (Å²) in [5.41, 5.74) is 2.38. The van der Waals surface area contributed by atoms with E-state index in [9.17, 15) is 9.59 Å². The second-order valence-electron chi connectivity index (χ2n) is 6.50. The van der Waals surface area contributed by atoms with E-state index in [1.54, 1.807) is 24.3 Å². The summed E-state index contributed by atoms with van der Waals surface area (Å²) in [5, 5.41) is 2.97. The Morgan fingerprint density at radius 1 is 0.862 bits per heavy atom. The van der Waals surface area contributed by atoms with Crippen LogP contribution in [0.4, 0.5) is 0 Å². The van der Waals surface area contributed by atoms with Crippen LogP contribution in [0, 0.1) is 0 Å². The van der Waals surface area contributed by atoms with Gasteiger partial charge in [0, 0.05) is 0 Å². The molecule has 0 spiro atoms. The Morgan fingerprint density at radius 2 is 1.48 bits per heavy atom. The van der Waals surface area contributed by atoms with Gasteiger partial charge < -0.3 is 14.8 Å². The highest BCUT2D eigenvalue weighted by Crippen LogP contribution is 2.19. The van der Waals surface area contributed by atoms with Crippen LogP contribution in [0.5, 0.6) is 5.75 Å². The number of methoxy groups -OCH3 is 1. The minimum Gasteiger partial charge on any atom is -0.496 e. The molecule has 0 heterocycles. The van der Waals surface area contributed by atoms with Crippen LogP contribution in [-0.2, 0) is 16.0 Å². The van der Waals surface area contributed by atoms with Crippen LogP contribution in [0.3, 0.4) is 0 Å². The normalized spacial score (nSPS) is 11.3. The van der Waals surface area contributed by atoms with Gasteiger partial charge in [-0.3, -0.25) is 4.79 Å². The lowest BCUT2D eigenvalue weighted by Crippen LogP contribution is -2.33. The lowest BCUT2D eigenvalue weighted by Gasteiger charge is -2.19. The molecule has 0 aromatic heterocycles. The van der Waals surface area contributed by atoms with E-state index in [2.05, 4.69) is 5.32 Å². The lowest BCUT2D eigenvalue weighted by atomic mass is 9.99. The van der Waals surface area contributed by atoms with Gasteiger partial charge in [-0.2, -0.15) is 0 Å². The predicted molar refractivity (Wildman–Crippen MR) is 111 cm³/mol. The number of nitrogens with one attached hydrogen (secondary N) is 1. The van der Waals surface area contributed by atoms with Crippen LogP contribution in [0.2, 0.25) is 0 Å². The molecule has 0 bridgehead atoms. The second-order valence-corrected chi connectivity index (χ2v) is 6.50. The van der Waals surface area contributed by atoms with Crippen LogP contribution in [-0.4, -0.2) is 25.6 Å². The number of hydrogen-bond acceptors (Lipinski definition) is 4. The highest BCUT2D eigenvalue weighted by Gasteiger charge is 2.18. The van der Waals surface area contributed by atoms with Crippen molar-refractivity contribution in [3.8, 4) is 5.75 Å². The van der Waals surface area contributed by atoms with Gasteiger partial charge in [-0.25, -0.2) is 4.79 Å². The first-order valence-corrected chi connectivity index (χ1v) is 9.35. The van der Waals surface area contributed by atoms with E-state index in [4.69, 9.17) is 9.47 Å². The van der Waals surface area contributed by atoms with Gasteiger partial charge in [0.1, 0.15) is 11.3 Å². The number of carbonyl (C=O) groups is 2. The van der Waals surface area contributed by atoms with Crippen molar-refractivity contribution in [1.82, 2.24) is 5.32 Å². The summed E-state index contributed by atoms with van der Waals surface area (Å²) in [6, 6.07) is 26.2. The zero-order valence-electron chi connectivity index (χ0n) is 16.2. The first-order chi connectivity index (χ1) is 14.2. The van der Waals surface area contributed by atoms with Crippen molar-refractivity contribution < 1.29 is 19.1 Å². The van der Waals surface area contributed by atoms with E-state index in [0.29, 0.717) is 12.2 Å². The maximum atomic E-state index is 12.5. The van der Waals surface area contributed by atoms with Gasteiger partial charge in [0.25, 0.3) is 5.91 Å². The average molecular weight is 389 g/mol. The first kappa shape index (κ1) is 20.1. The van der Waals surface area contributed by atoms with Crippen LogP contribution in [0.15, 0.2) is 84.9 Å². The summed E-state index contributed by atoms with van der Waals surface area (Å²) in [6.45, 7) is -0.366. The number of ether oxygens (including phenoxy) is 2. The number of benzene rings is 3. The second kappa shape index (κ2) is 10.1. The maximum Gasteiger partial charge on any atom is 0.342 e. The third kappa shape index (κ3) is 5.69. The monoisotopic (exact) mass is 389 g/mol. The number of para-hydroxylation sites is 1. The van der Waals surface area contributed by atoms with Crippen molar-refractivity contribution in [3.05, 3.63) is 102 Å². The topological polar surface area (TPSA) is 64.6 Å². The molecule has 0 saturated carbocycles. The van der Waals surface area contributed by atoms with Gasteiger partial charge >= 0.3 is 5.97 Å². The average Bonchev–Trinajstić information content (AvgIpc) is 2.78. The Balaban J connectivity index is 1.64. The van der Waals surface area contributed by atoms with Crippen LogP contribution in [0.25, 0.3) is 0 Å². The summed E-state index contributed by atoms with van der Waals surface area (Å²) in [6.07, 6.45) is 0.636. The molecule has 0 unspecified atom stereocenters. The Labute approximate surface area is 170 Å². The Kier molecular flexibility index (Phi) is 7.00. The molecule has 148 valence electrons.